The van der Waals surface area contributed by atoms with E-state index in [1.54, 1.807) is 0 Å². The highest BCUT2D eigenvalue weighted by atomic mass is 15.1. The van der Waals surface area contributed by atoms with Gasteiger partial charge in [-0.25, -0.2) is 0 Å². The zero-order valence-corrected chi connectivity index (χ0v) is 15.0. The number of hydrogen-bond acceptors (Lipinski definition) is 4. The van der Waals surface area contributed by atoms with Crippen LogP contribution in [0.15, 0.2) is 42.7 Å². The van der Waals surface area contributed by atoms with Gasteiger partial charge in [-0.3, -0.25) is 9.88 Å². The lowest BCUT2D eigenvalue weighted by atomic mass is 10.0. The maximum absolute atomic E-state index is 4.21. The summed E-state index contributed by atoms with van der Waals surface area (Å²) in [5.41, 5.74) is 5.19. The summed E-state index contributed by atoms with van der Waals surface area (Å²) in [5, 5.41) is 3.76. The highest BCUT2D eigenvalue weighted by Gasteiger charge is 2.20. The fourth-order valence-electron chi connectivity index (χ4n) is 3.47. The Labute approximate surface area is 145 Å². The van der Waals surface area contributed by atoms with Gasteiger partial charge in [0.1, 0.15) is 0 Å². The highest BCUT2D eigenvalue weighted by molar-refractivity contribution is 5.65. The third-order valence-electron chi connectivity index (χ3n) is 4.86. The zero-order valence-electron chi connectivity index (χ0n) is 15.0. The number of likely N-dealkylation sites (tertiary alicyclic amines) is 1. The van der Waals surface area contributed by atoms with Crippen molar-refractivity contribution < 1.29 is 0 Å². The molecule has 1 N–H and O–H groups in total. The number of anilines is 2. The first kappa shape index (κ1) is 16.8. The second kappa shape index (κ2) is 7.67. The minimum Gasteiger partial charge on any atom is -0.382 e. The predicted molar refractivity (Wildman–Crippen MR) is 102 cm³/mol. The van der Waals surface area contributed by atoms with E-state index < -0.39 is 0 Å². The summed E-state index contributed by atoms with van der Waals surface area (Å²) in [6, 6.07) is 11.3. The first-order valence-electron chi connectivity index (χ1n) is 8.78. The van der Waals surface area contributed by atoms with Crippen LogP contribution in [0.1, 0.15) is 24.0 Å². The molecule has 2 aromatic rings. The van der Waals surface area contributed by atoms with E-state index in [1.165, 1.54) is 35.3 Å². The van der Waals surface area contributed by atoms with Gasteiger partial charge in [-0.1, -0.05) is 12.1 Å². The molecule has 128 valence electrons. The Morgan fingerprint density at radius 2 is 1.96 bits per heavy atom. The fourth-order valence-corrected chi connectivity index (χ4v) is 3.47. The van der Waals surface area contributed by atoms with Gasteiger partial charge in [-0.15, -0.1) is 0 Å². The number of hydrogen-bond donors (Lipinski definition) is 1. The van der Waals surface area contributed by atoms with Crippen molar-refractivity contribution >= 4 is 11.4 Å². The molecule has 0 unspecified atom stereocenters. The van der Waals surface area contributed by atoms with Crippen molar-refractivity contribution in [1.82, 2.24) is 9.88 Å². The highest BCUT2D eigenvalue weighted by Crippen LogP contribution is 2.27. The molecule has 1 aromatic heterocycles. The molecular weight excluding hydrogens is 296 g/mol. The maximum atomic E-state index is 4.21. The second-order valence-corrected chi connectivity index (χ2v) is 6.90. The van der Waals surface area contributed by atoms with Crippen LogP contribution in [0.5, 0.6) is 0 Å². The number of benzene rings is 1. The molecule has 0 aliphatic carbocycles. The quantitative estimate of drug-likeness (QED) is 0.912. The molecule has 1 saturated heterocycles. The standard InChI is InChI=1S/C20H28N4/c1-16-19(7-4-8-20(16)23(2)3)22-18-9-12-24(13-10-18)15-17-6-5-11-21-14-17/h4-8,11,14,18,22H,9-10,12-13,15H2,1-3H3. The van der Waals surface area contributed by atoms with Crippen LogP contribution in [0, 0.1) is 6.92 Å². The summed E-state index contributed by atoms with van der Waals surface area (Å²) in [6.07, 6.45) is 6.18. The Morgan fingerprint density at radius 1 is 1.17 bits per heavy atom. The molecule has 1 aromatic carbocycles. The van der Waals surface area contributed by atoms with Crippen molar-refractivity contribution in [3.63, 3.8) is 0 Å². The number of pyridine rings is 1. The lowest BCUT2D eigenvalue weighted by Crippen LogP contribution is -2.38. The van der Waals surface area contributed by atoms with Crippen molar-refractivity contribution in [1.29, 1.82) is 0 Å². The Balaban J connectivity index is 1.55. The smallest absolute Gasteiger partial charge is 0.0411 e. The first-order valence-corrected chi connectivity index (χ1v) is 8.78. The van der Waals surface area contributed by atoms with Gasteiger partial charge >= 0.3 is 0 Å². The van der Waals surface area contributed by atoms with Gasteiger partial charge in [-0.05, 0) is 49.1 Å². The number of nitrogens with zero attached hydrogens (tertiary/aromatic N) is 3. The Morgan fingerprint density at radius 3 is 2.62 bits per heavy atom. The van der Waals surface area contributed by atoms with E-state index in [9.17, 15) is 0 Å². The maximum Gasteiger partial charge on any atom is 0.0411 e. The fraction of sp³-hybridized carbons (Fsp3) is 0.450. The number of aromatic nitrogens is 1. The molecule has 0 saturated carbocycles. The van der Waals surface area contributed by atoms with Gasteiger partial charge < -0.3 is 10.2 Å². The molecule has 0 amide bonds. The number of rotatable bonds is 5. The van der Waals surface area contributed by atoms with E-state index in [0.717, 1.165) is 19.6 Å². The summed E-state index contributed by atoms with van der Waals surface area (Å²) in [5.74, 6) is 0. The first-order chi connectivity index (χ1) is 11.6. The Bertz CT molecular complexity index is 646. The number of nitrogens with one attached hydrogen (secondary N) is 1. The molecule has 0 spiro atoms. The van der Waals surface area contributed by atoms with E-state index in [2.05, 4.69) is 65.4 Å². The molecule has 24 heavy (non-hydrogen) atoms. The van der Waals surface area contributed by atoms with Crippen molar-refractivity contribution in [3.05, 3.63) is 53.9 Å². The van der Waals surface area contributed by atoms with Crippen LogP contribution in [-0.4, -0.2) is 43.1 Å². The van der Waals surface area contributed by atoms with Crippen molar-refractivity contribution in [2.24, 2.45) is 0 Å². The SMILES string of the molecule is Cc1c(NC2CCN(Cc3cccnc3)CC2)cccc1N(C)C. The average molecular weight is 324 g/mol. The van der Waals surface area contributed by atoms with Crippen LogP contribution in [0.3, 0.4) is 0 Å². The molecule has 1 aliphatic rings. The molecule has 0 atom stereocenters. The third kappa shape index (κ3) is 4.06. The third-order valence-corrected chi connectivity index (χ3v) is 4.86. The summed E-state index contributed by atoms with van der Waals surface area (Å²) in [7, 11) is 4.20. The van der Waals surface area contributed by atoms with Crippen molar-refractivity contribution in [2.75, 3.05) is 37.4 Å². The van der Waals surface area contributed by atoms with E-state index >= 15 is 0 Å². The van der Waals surface area contributed by atoms with Gasteiger partial charge in [0.25, 0.3) is 0 Å². The predicted octanol–water partition coefficient (Wildman–Crippen LogP) is 3.53. The summed E-state index contributed by atoms with van der Waals surface area (Å²) in [4.78, 5) is 8.91. The lowest BCUT2D eigenvalue weighted by Gasteiger charge is -2.33. The van der Waals surface area contributed by atoms with Gasteiger partial charge in [0.05, 0.1) is 0 Å². The van der Waals surface area contributed by atoms with Crippen LogP contribution < -0.4 is 10.2 Å². The van der Waals surface area contributed by atoms with Gasteiger partial charge in [0, 0.05) is 63.5 Å². The monoisotopic (exact) mass is 324 g/mol. The Kier molecular flexibility index (Phi) is 5.36. The Hall–Kier alpha value is -2.07. The largest absolute Gasteiger partial charge is 0.382 e. The summed E-state index contributed by atoms with van der Waals surface area (Å²) >= 11 is 0. The lowest BCUT2D eigenvalue weighted by molar-refractivity contribution is 0.211. The topological polar surface area (TPSA) is 31.4 Å². The molecule has 3 rings (SSSR count). The van der Waals surface area contributed by atoms with Gasteiger partial charge in [-0.2, -0.15) is 0 Å². The average Bonchev–Trinajstić information content (AvgIpc) is 2.59. The van der Waals surface area contributed by atoms with Crippen LogP contribution in [0.25, 0.3) is 0 Å². The van der Waals surface area contributed by atoms with Crippen LogP contribution in [-0.2, 0) is 6.54 Å². The molecule has 1 fully saturated rings. The summed E-state index contributed by atoms with van der Waals surface area (Å²) < 4.78 is 0. The van der Waals surface area contributed by atoms with E-state index in [0.29, 0.717) is 6.04 Å². The summed E-state index contributed by atoms with van der Waals surface area (Å²) in [6.45, 7) is 5.49. The number of piperidine rings is 1. The minimum atomic E-state index is 0.561. The molecule has 4 nitrogen and oxygen atoms in total. The molecule has 4 heteroatoms. The van der Waals surface area contributed by atoms with E-state index in [4.69, 9.17) is 0 Å². The molecule has 0 bridgehead atoms. The minimum absolute atomic E-state index is 0.561. The zero-order chi connectivity index (χ0) is 16.9. The van der Waals surface area contributed by atoms with E-state index in [1.807, 2.05) is 18.5 Å². The van der Waals surface area contributed by atoms with Crippen LogP contribution in [0.2, 0.25) is 0 Å². The molecule has 0 radical (unpaired) electrons. The second-order valence-electron chi connectivity index (χ2n) is 6.90. The molecule has 1 aliphatic heterocycles. The van der Waals surface area contributed by atoms with Crippen molar-refractivity contribution in [3.8, 4) is 0 Å². The normalized spacial score (nSPS) is 16.1. The molecular formula is C20H28N4. The molecule has 2 heterocycles. The van der Waals surface area contributed by atoms with Gasteiger partial charge in [0.2, 0.25) is 0 Å². The van der Waals surface area contributed by atoms with E-state index in [-0.39, 0.29) is 0 Å². The van der Waals surface area contributed by atoms with Crippen LogP contribution in [0.4, 0.5) is 11.4 Å². The van der Waals surface area contributed by atoms with Crippen molar-refractivity contribution in [2.45, 2.75) is 32.4 Å². The van der Waals surface area contributed by atoms with Gasteiger partial charge in [0.15, 0.2) is 0 Å². The van der Waals surface area contributed by atoms with Crippen LogP contribution >= 0.6 is 0 Å².